The molecule has 4 nitrogen and oxygen atoms in total. The number of aryl methyl sites for hydroxylation is 1. The summed E-state index contributed by atoms with van der Waals surface area (Å²) in [4.78, 5) is 14.0. The van der Waals surface area contributed by atoms with Crippen molar-refractivity contribution in [2.75, 3.05) is 0 Å². The van der Waals surface area contributed by atoms with Gasteiger partial charge in [0.05, 0.1) is 13.7 Å². The molecule has 0 bridgehead atoms. The second-order valence-corrected chi connectivity index (χ2v) is 21.9. The molecule has 0 aliphatic heterocycles. The third-order valence-corrected chi connectivity index (χ3v) is 13.2. The smallest absolute Gasteiger partial charge is 0.216 e. The number of rotatable bonds is 8. The van der Waals surface area contributed by atoms with Crippen molar-refractivity contribution in [3.8, 4) is 22.5 Å². The van der Waals surface area contributed by atoms with Crippen LogP contribution >= 0.6 is 0 Å². The summed E-state index contributed by atoms with van der Waals surface area (Å²) in [6.07, 6.45) is 18.7. The van der Waals surface area contributed by atoms with Gasteiger partial charge in [-0.2, -0.15) is 0 Å². The number of benzene rings is 2. The summed E-state index contributed by atoms with van der Waals surface area (Å²) in [5.41, 5.74) is 10.9. The molecule has 4 heterocycles. The zero-order valence-electron chi connectivity index (χ0n) is 32.5. The summed E-state index contributed by atoms with van der Waals surface area (Å²) in [5, 5.41) is 3.63. The van der Waals surface area contributed by atoms with Gasteiger partial charge in [-0.15, -0.1) is 53.6 Å². The molecule has 2 aliphatic carbocycles. The Morgan fingerprint density at radius 2 is 1.57 bits per heavy atom. The van der Waals surface area contributed by atoms with Gasteiger partial charge in [-0.1, -0.05) is 113 Å². The van der Waals surface area contributed by atoms with Gasteiger partial charge in [0.2, 0.25) is 5.71 Å². The maximum absolute atomic E-state index is 6.11. The predicted octanol–water partition coefficient (Wildman–Crippen LogP) is 12.2. The SMILES string of the molecule is CC(C)Cc1cc(-c2[c-]ccc(C3CCCCC3)c2)ncc1[Si](C)(C)C.Cc1ccc2c(n1)oc1c(-c3cc(CC4CCCC4)ccn3)[c-]ccc12.[Ir]. The maximum atomic E-state index is 6.11. The van der Waals surface area contributed by atoms with Crippen LogP contribution in [0.4, 0.5) is 0 Å². The second-order valence-electron chi connectivity index (χ2n) is 16.9. The Balaban J connectivity index is 0.000000178. The molecule has 1 radical (unpaired) electrons. The molecule has 2 aromatic carbocycles. The molecule has 4 aromatic heterocycles. The summed E-state index contributed by atoms with van der Waals surface area (Å²) in [6.45, 7) is 13.9. The van der Waals surface area contributed by atoms with Gasteiger partial charge in [0.15, 0.2) is 0 Å². The maximum Gasteiger partial charge on any atom is 0.216 e. The molecule has 0 spiro atoms. The Hall–Kier alpha value is -3.44. The van der Waals surface area contributed by atoms with Crippen LogP contribution in [0.15, 0.2) is 77.5 Å². The van der Waals surface area contributed by atoms with Crippen LogP contribution in [0.2, 0.25) is 19.6 Å². The molecular weight excluding hydrogens is 843 g/mol. The first-order valence-electron chi connectivity index (χ1n) is 19.8. The van der Waals surface area contributed by atoms with Gasteiger partial charge < -0.3 is 14.4 Å². The first-order chi connectivity index (χ1) is 25.1. The summed E-state index contributed by atoms with van der Waals surface area (Å²) in [7, 11) is -1.38. The van der Waals surface area contributed by atoms with Gasteiger partial charge in [0.1, 0.15) is 0 Å². The van der Waals surface area contributed by atoms with E-state index in [1.807, 2.05) is 31.3 Å². The molecule has 6 heteroatoms. The van der Waals surface area contributed by atoms with Crippen LogP contribution in [0.1, 0.15) is 99.9 Å². The zero-order valence-corrected chi connectivity index (χ0v) is 35.9. The molecule has 6 aromatic rings. The largest absolute Gasteiger partial charge is 0.486 e. The Bertz CT molecular complexity index is 2140. The molecule has 0 atom stereocenters. The monoisotopic (exact) mass is 898 g/mol. The van der Waals surface area contributed by atoms with Crippen molar-refractivity contribution in [3.63, 3.8) is 0 Å². The van der Waals surface area contributed by atoms with Gasteiger partial charge >= 0.3 is 0 Å². The first-order valence-corrected chi connectivity index (χ1v) is 23.3. The van der Waals surface area contributed by atoms with Crippen LogP contribution in [0.5, 0.6) is 0 Å². The predicted molar refractivity (Wildman–Crippen MR) is 220 cm³/mol. The summed E-state index contributed by atoms with van der Waals surface area (Å²) < 4.78 is 6.11. The summed E-state index contributed by atoms with van der Waals surface area (Å²) in [6, 6.07) is 28.3. The second kappa shape index (κ2) is 17.4. The molecule has 2 aliphatic rings. The number of fused-ring (bicyclic) bond motifs is 3. The Morgan fingerprint density at radius 1 is 0.811 bits per heavy atom. The average Bonchev–Trinajstić information content (AvgIpc) is 3.79. The van der Waals surface area contributed by atoms with Crippen LogP contribution in [0.25, 0.3) is 44.6 Å². The van der Waals surface area contributed by atoms with E-state index in [9.17, 15) is 0 Å². The van der Waals surface area contributed by atoms with E-state index in [-0.39, 0.29) is 20.1 Å². The van der Waals surface area contributed by atoms with Crippen LogP contribution in [-0.4, -0.2) is 23.0 Å². The van der Waals surface area contributed by atoms with E-state index in [1.165, 1.54) is 85.2 Å². The van der Waals surface area contributed by atoms with E-state index in [1.54, 1.807) is 0 Å². The van der Waals surface area contributed by atoms with Gasteiger partial charge in [-0.25, -0.2) is 4.98 Å². The van der Waals surface area contributed by atoms with Crippen molar-refractivity contribution in [2.24, 2.45) is 11.8 Å². The fourth-order valence-electron chi connectivity index (χ4n) is 8.44. The van der Waals surface area contributed by atoms with Gasteiger partial charge in [-0.3, -0.25) is 0 Å². The van der Waals surface area contributed by atoms with Crippen LogP contribution in [0.3, 0.4) is 0 Å². The molecule has 0 amide bonds. The summed E-state index contributed by atoms with van der Waals surface area (Å²) >= 11 is 0. The number of nitrogens with zero attached hydrogens (tertiary/aromatic N) is 3. The number of hydrogen-bond acceptors (Lipinski definition) is 4. The van der Waals surface area contributed by atoms with E-state index in [0.29, 0.717) is 11.6 Å². The van der Waals surface area contributed by atoms with E-state index in [4.69, 9.17) is 9.40 Å². The van der Waals surface area contributed by atoms with Crippen molar-refractivity contribution in [3.05, 3.63) is 108 Å². The van der Waals surface area contributed by atoms with Crippen LogP contribution in [0, 0.1) is 30.9 Å². The van der Waals surface area contributed by atoms with E-state index >= 15 is 0 Å². The Kier molecular flexibility index (Phi) is 12.9. The van der Waals surface area contributed by atoms with Crippen molar-refractivity contribution >= 4 is 35.3 Å². The van der Waals surface area contributed by atoms with Crippen molar-refractivity contribution in [1.29, 1.82) is 0 Å². The van der Waals surface area contributed by atoms with Gasteiger partial charge in [-0.05, 0) is 85.1 Å². The Morgan fingerprint density at radius 3 is 2.32 bits per heavy atom. The quantitative estimate of drug-likeness (QED) is 0.113. The molecule has 8 rings (SSSR count). The van der Waals surface area contributed by atoms with E-state index in [0.717, 1.165) is 63.7 Å². The minimum atomic E-state index is -1.38. The van der Waals surface area contributed by atoms with E-state index < -0.39 is 8.07 Å². The minimum Gasteiger partial charge on any atom is -0.486 e. The fraction of sp³-hybridized carbons (Fsp3) is 0.426. The van der Waals surface area contributed by atoms with Crippen LogP contribution < -0.4 is 5.19 Å². The van der Waals surface area contributed by atoms with Gasteiger partial charge in [0.25, 0.3) is 0 Å². The third-order valence-electron chi connectivity index (χ3n) is 11.1. The zero-order chi connectivity index (χ0) is 36.2. The molecule has 2 fully saturated rings. The fourth-order valence-corrected chi connectivity index (χ4v) is 10.0. The molecule has 0 unspecified atom stereocenters. The molecule has 2 saturated carbocycles. The van der Waals surface area contributed by atoms with Crippen molar-refractivity contribution in [2.45, 2.75) is 117 Å². The van der Waals surface area contributed by atoms with E-state index in [2.05, 4.69) is 104 Å². The Labute approximate surface area is 332 Å². The van der Waals surface area contributed by atoms with Crippen molar-refractivity contribution < 1.29 is 24.5 Å². The first kappa shape index (κ1) is 39.3. The third kappa shape index (κ3) is 9.45. The number of pyridine rings is 3. The molecule has 53 heavy (non-hydrogen) atoms. The average molecular weight is 898 g/mol. The topological polar surface area (TPSA) is 51.8 Å². The molecule has 0 N–H and O–H groups in total. The standard InChI is InChI=1S/C24H34NSi.C23H21N2O.Ir/c1-18(2)14-22-16-23(25-17-24(22)26(3,4)5)21-13-9-12-20(15-21)19-10-7-6-8-11-19;1-15-9-10-19-18-7-4-8-20(22(18)26-23(19)25-15)21-14-17(11-12-24-21)13-16-5-2-3-6-16;/h9,12,15-19H,6-8,10-11,14H2,1-5H3;4,7,9-12,14,16H,2-3,5-6,13H2,1H3;/q2*-1;. The van der Waals surface area contributed by atoms with Crippen LogP contribution in [-0.2, 0) is 32.9 Å². The molecule has 0 saturated heterocycles. The summed E-state index contributed by atoms with van der Waals surface area (Å²) in [5.74, 6) is 2.22. The molecule has 279 valence electrons. The molecular formula is C47H55IrN3OSi-2. The number of hydrogen-bond donors (Lipinski definition) is 0. The van der Waals surface area contributed by atoms with Gasteiger partial charge in [0, 0.05) is 43.6 Å². The van der Waals surface area contributed by atoms with Crippen molar-refractivity contribution in [1.82, 2.24) is 15.0 Å². The normalized spacial score (nSPS) is 15.5. The minimum absolute atomic E-state index is 0. The number of furan rings is 1. The number of aromatic nitrogens is 3.